The van der Waals surface area contributed by atoms with Crippen molar-refractivity contribution < 1.29 is 0 Å². The monoisotopic (exact) mass is 258 g/mol. The molecule has 2 heteroatoms. The summed E-state index contributed by atoms with van der Waals surface area (Å²) in [5.41, 5.74) is 4.42. The first-order valence-electron chi connectivity index (χ1n) is 7.80. The van der Waals surface area contributed by atoms with Gasteiger partial charge in [-0.3, -0.25) is 0 Å². The summed E-state index contributed by atoms with van der Waals surface area (Å²) in [4.78, 5) is 2.38. The van der Waals surface area contributed by atoms with Gasteiger partial charge in [0.05, 0.1) is 0 Å². The number of aryl methyl sites for hydroxylation is 1. The minimum atomic E-state index is 0.735. The van der Waals surface area contributed by atoms with E-state index in [1.165, 1.54) is 55.5 Å². The van der Waals surface area contributed by atoms with Crippen LogP contribution >= 0.6 is 0 Å². The highest BCUT2D eigenvalue weighted by Crippen LogP contribution is 2.28. The second-order valence-electron chi connectivity index (χ2n) is 6.38. The number of nitrogens with one attached hydrogen (secondary N) is 1. The van der Waals surface area contributed by atoms with Gasteiger partial charge in [0.2, 0.25) is 0 Å². The lowest BCUT2D eigenvalue weighted by molar-refractivity contribution is 0.426. The highest BCUT2D eigenvalue weighted by atomic mass is 15.1. The summed E-state index contributed by atoms with van der Waals surface area (Å²) in [5, 5.41) is 3.75. The van der Waals surface area contributed by atoms with E-state index in [-0.39, 0.29) is 0 Å². The number of hydrogen-bond acceptors (Lipinski definition) is 2. The molecule has 2 nitrogen and oxygen atoms in total. The maximum Gasteiger partial charge on any atom is 0.0396 e. The maximum atomic E-state index is 3.75. The Balaban J connectivity index is 1.65. The molecule has 104 valence electrons. The highest BCUT2D eigenvalue weighted by molar-refractivity contribution is 5.56. The summed E-state index contributed by atoms with van der Waals surface area (Å²) in [7, 11) is 2.20. The van der Waals surface area contributed by atoms with Crippen LogP contribution in [-0.2, 0) is 13.0 Å². The Hall–Kier alpha value is -1.02. The van der Waals surface area contributed by atoms with E-state index < -0.39 is 0 Å². The van der Waals surface area contributed by atoms with E-state index in [0.29, 0.717) is 0 Å². The number of rotatable bonds is 3. The molecule has 0 spiro atoms. The van der Waals surface area contributed by atoms with E-state index in [9.17, 15) is 0 Å². The van der Waals surface area contributed by atoms with Crippen molar-refractivity contribution in [2.45, 2.75) is 51.6 Å². The molecule has 1 aliphatic heterocycles. The van der Waals surface area contributed by atoms with Crippen LogP contribution in [0.2, 0.25) is 0 Å². The molecule has 1 N–H and O–H groups in total. The van der Waals surface area contributed by atoms with E-state index in [1.807, 2.05) is 0 Å². The molecule has 0 saturated heterocycles. The topological polar surface area (TPSA) is 15.3 Å². The smallest absolute Gasteiger partial charge is 0.0396 e. The van der Waals surface area contributed by atoms with E-state index in [4.69, 9.17) is 0 Å². The molecule has 0 amide bonds. The largest absolute Gasteiger partial charge is 0.374 e. The van der Waals surface area contributed by atoms with Crippen LogP contribution in [0.5, 0.6) is 0 Å². The lowest BCUT2D eigenvalue weighted by Gasteiger charge is -2.28. The van der Waals surface area contributed by atoms with Gasteiger partial charge in [-0.2, -0.15) is 0 Å². The Morgan fingerprint density at radius 2 is 2.16 bits per heavy atom. The summed E-state index contributed by atoms with van der Waals surface area (Å²) >= 11 is 0. The van der Waals surface area contributed by atoms with Crippen LogP contribution in [0, 0.1) is 5.92 Å². The number of fused-ring (bicyclic) bond motifs is 1. The van der Waals surface area contributed by atoms with Gasteiger partial charge in [-0.1, -0.05) is 25.5 Å². The van der Waals surface area contributed by atoms with Crippen molar-refractivity contribution in [1.29, 1.82) is 0 Å². The molecule has 1 aromatic rings. The number of nitrogens with zero attached hydrogens (tertiary/aromatic N) is 1. The van der Waals surface area contributed by atoms with Crippen LogP contribution < -0.4 is 10.2 Å². The molecule has 1 saturated carbocycles. The quantitative estimate of drug-likeness (QED) is 0.894. The second-order valence-corrected chi connectivity index (χ2v) is 6.38. The van der Waals surface area contributed by atoms with Crippen molar-refractivity contribution in [3.8, 4) is 0 Å². The van der Waals surface area contributed by atoms with Gasteiger partial charge in [-0.25, -0.2) is 0 Å². The minimum absolute atomic E-state index is 0.735. The molecular weight excluding hydrogens is 232 g/mol. The fourth-order valence-electron chi connectivity index (χ4n) is 3.65. The van der Waals surface area contributed by atoms with Crippen LogP contribution in [0.15, 0.2) is 18.2 Å². The van der Waals surface area contributed by atoms with E-state index >= 15 is 0 Å². The molecule has 1 heterocycles. The molecule has 2 atom stereocenters. The zero-order valence-electron chi connectivity index (χ0n) is 12.3. The first-order valence-corrected chi connectivity index (χ1v) is 7.80. The Bertz CT molecular complexity index is 441. The molecule has 1 aromatic carbocycles. The molecule has 2 unspecified atom stereocenters. The van der Waals surface area contributed by atoms with Crippen molar-refractivity contribution in [2.24, 2.45) is 5.92 Å². The minimum Gasteiger partial charge on any atom is -0.374 e. The van der Waals surface area contributed by atoms with Crippen LogP contribution in [-0.4, -0.2) is 19.6 Å². The van der Waals surface area contributed by atoms with Gasteiger partial charge in [-0.05, 0) is 48.8 Å². The average molecular weight is 258 g/mol. The number of hydrogen-bond donors (Lipinski definition) is 1. The SMILES string of the molecule is CC1CCCC1NCc1ccc2c(c1)CCCN2C. The summed E-state index contributed by atoms with van der Waals surface area (Å²) in [5.74, 6) is 0.851. The normalized spacial score (nSPS) is 26.5. The van der Waals surface area contributed by atoms with Crippen molar-refractivity contribution in [3.05, 3.63) is 29.3 Å². The van der Waals surface area contributed by atoms with Gasteiger partial charge < -0.3 is 10.2 Å². The molecule has 19 heavy (non-hydrogen) atoms. The van der Waals surface area contributed by atoms with Crippen molar-refractivity contribution in [3.63, 3.8) is 0 Å². The number of anilines is 1. The van der Waals surface area contributed by atoms with Gasteiger partial charge in [0, 0.05) is 31.9 Å². The van der Waals surface area contributed by atoms with Gasteiger partial charge in [0.25, 0.3) is 0 Å². The molecule has 0 radical (unpaired) electrons. The predicted octanol–water partition coefficient (Wildman–Crippen LogP) is 3.35. The summed E-state index contributed by atoms with van der Waals surface area (Å²) in [6.07, 6.45) is 6.68. The molecule has 1 fully saturated rings. The fraction of sp³-hybridized carbons (Fsp3) is 0.647. The van der Waals surface area contributed by atoms with Crippen LogP contribution in [0.4, 0.5) is 5.69 Å². The lowest BCUT2D eigenvalue weighted by Crippen LogP contribution is -2.30. The molecule has 3 rings (SSSR count). The van der Waals surface area contributed by atoms with Crippen molar-refractivity contribution >= 4 is 5.69 Å². The van der Waals surface area contributed by atoms with Gasteiger partial charge in [0.15, 0.2) is 0 Å². The highest BCUT2D eigenvalue weighted by Gasteiger charge is 2.22. The molecule has 0 bridgehead atoms. The van der Waals surface area contributed by atoms with E-state index in [0.717, 1.165) is 18.5 Å². The summed E-state index contributed by atoms with van der Waals surface area (Å²) in [6, 6.07) is 7.76. The van der Waals surface area contributed by atoms with Crippen molar-refractivity contribution in [1.82, 2.24) is 5.32 Å². The van der Waals surface area contributed by atoms with Gasteiger partial charge in [-0.15, -0.1) is 0 Å². The molecule has 2 aliphatic rings. The lowest BCUT2D eigenvalue weighted by atomic mass is 9.99. The molecule has 0 aromatic heterocycles. The van der Waals surface area contributed by atoms with E-state index in [2.05, 4.69) is 42.4 Å². The van der Waals surface area contributed by atoms with E-state index in [1.54, 1.807) is 0 Å². The van der Waals surface area contributed by atoms with Gasteiger partial charge in [0.1, 0.15) is 0 Å². The third-order valence-electron chi connectivity index (χ3n) is 4.92. The Kier molecular flexibility index (Phi) is 3.79. The zero-order valence-corrected chi connectivity index (χ0v) is 12.3. The molecular formula is C17H26N2. The van der Waals surface area contributed by atoms with Gasteiger partial charge >= 0.3 is 0 Å². The van der Waals surface area contributed by atoms with Crippen LogP contribution in [0.3, 0.4) is 0 Å². The summed E-state index contributed by atoms with van der Waals surface area (Å²) in [6.45, 7) is 4.61. The Morgan fingerprint density at radius 1 is 1.26 bits per heavy atom. The van der Waals surface area contributed by atoms with Crippen LogP contribution in [0.1, 0.15) is 43.7 Å². The first kappa shape index (κ1) is 13.0. The average Bonchev–Trinajstić information content (AvgIpc) is 2.82. The zero-order chi connectivity index (χ0) is 13.2. The Morgan fingerprint density at radius 3 is 2.95 bits per heavy atom. The molecule has 1 aliphatic carbocycles. The third-order valence-corrected chi connectivity index (χ3v) is 4.92. The first-order chi connectivity index (χ1) is 9.24. The third kappa shape index (κ3) is 2.79. The standard InChI is InChI=1S/C17H26N2/c1-13-5-3-7-16(13)18-12-14-8-9-17-15(11-14)6-4-10-19(17)2/h8-9,11,13,16,18H,3-7,10,12H2,1-2H3. The number of benzene rings is 1. The maximum absolute atomic E-state index is 3.75. The second kappa shape index (κ2) is 5.54. The predicted molar refractivity (Wildman–Crippen MR) is 81.7 cm³/mol. The van der Waals surface area contributed by atoms with Crippen molar-refractivity contribution in [2.75, 3.05) is 18.5 Å². The Labute approximate surface area is 117 Å². The fourth-order valence-corrected chi connectivity index (χ4v) is 3.65. The van der Waals surface area contributed by atoms with Crippen LogP contribution in [0.25, 0.3) is 0 Å². The summed E-state index contributed by atoms with van der Waals surface area (Å²) < 4.78 is 0.